The topological polar surface area (TPSA) is 51.8 Å². The number of thiazole rings is 1. The van der Waals surface area contributed by atoms with E-state index in [0.29, 0.717) is 0 Å². The van der Waals surface area contributed by atoms with E-state index in [-0.39, 0.29) is 0 Å². The average molecular weight is 386 g/mol. The van der Waals surface area contributed by atoms with Crippen LogP contribution in [-0.4, -0.2) is 9.97 Å². The third-order valence-corrected chi connectivity index (χ3v) is 5.64. The van der Waals surface area contributed by atoms with Crippen LogP contribution in [0.25, 0.3) is 21.8 Å². The van der Waals surface area contributed by atoms with Crippen LogP contribution in [0, 0.1) is 0 Å². The summed E-state index contributed by atoms with van der Waals surface area (Å²) in [5.41, 5.74) is 13.8. The quantitative estimate of drug-likeness (QED) is 0.414. The van der Waals surface area contributed by atoms with Crippen LogP contribution in [0.3, 0.4) is 0 Å². The highest BCUT2D eigenvalue weighted by atomic mass is 32.1. The monoisotopic (exact) mass is 385 g/mol. The molecule has 0 aliphatic rings. The number of benzene rings is 2. The number of nitrogen functional groups attached to an aromatic ring is 1. The molecule has 0 unspecified atom stereocenters. The fraction of sp³-hybridized carbons (Fsp3) is 0.167. The number of aryl methyl sites for hydroxylation is 1. The van der Waals surface area contributed by atoms with Gasteiger partial charge in [0.1, 0.15) is 5.01 Å². The second-order valence-corrected chi connectivity index (χ2v) is 7.76. The summed E-state index contributed by atoms with van der Waals surface area (Å²) in [6.07, 6.45) is 4.78. The predicted molar refractivity (Wildman–Crippen MR) is 118 cm³/mol. The van der Waals surface area contributed by atoms with Crippen LogP contribution in [0.2, 0.25) is 0 Å². The van der Waals surface area contributed by atoms with Crippen LogP contribution in [-0.2, 0) is 12.8 Å². The predicted octanol–water partition coefficient (Wildman–Crippen LogP) is 6.00. The first-order valence-electron chi connectivity index (χ1n) is 9.56. The Balaban J connectivity index is 1.62. The number of nitrogens with two attached hydrogens (primary N) is 1. The lowest BCUT2D eigenvalue weighted by Gasteiger charge is -2.08. The van der Waals surface area contributed by atoms with Gasteiger partial charge in [0.25, 0.3) is 0 Å². The van der Waals surface area contributed by atoms with E-state index in [4.69, 9.17) is 10.7 Å². The third-order valence-electron chi connectivity index (χ3n) is 4.75. The molecule has 28 heavy (non-hydrogen) atoms. The van der Waals surface area contributed by atoms with Gasteiger partial charge in [-0.1, -0.05) is 49.7 Å². The molecule has 0 atom stereocenters. The molecular weight excluding hydrogens is 362 g/mol. The van der Waals surface area contributed by atoms with Crippen LogP contribution >= 0.6 is 11.3 Å². The molecular formula is C24H23N3S. The van der Waals surface area contributed by atoms with E-state index in [0.717, 1.165) is 58.0 Å². The Morgan fingerprint density at radius 2 is 1.82 bits per heavy atom. The lowest BCUT2D eigenvalue weighted by molar-refractivity contribution is 0.883. The van der Waals surface area contributed by atoms with Gasteiger partial charge in [0, 0.05) is 34.1 Å². The molecule has 0 saturated heterocycles. The van der Waals surface area contributed by atoms with E-state index in [9.17, 15) is 0 Å². The summed E-state index contributed by atoms with van der Waals surface area (Å²) in [4.78, 5) is 9.32. The molecule has 4 heteroatoms. The van der Waals surface area contributed by atoms with Gasteiger partial charge in [-0.3, -0.25) is 4.98 Å². The van der Waals surface area contributed by atoms with Crippen molar-refractivity contribution in [3.63, 3.8) is 0 Å². The maximum absolute atomic E-state index is 6.23. The first kappa shape index (κ1) is 18.4. The summed E-state index contributed by atoms with van der Waals surface area (Å²) < 4.78 is 0. The molecule has 0 aliphatic heterocycles. The van der Waals surface area contributed by atoms with E-state index in [1.165, 1.54) is 5.56 Å². The van der Waals surface area contributed by atoms with Gasteiger partial charge in [-0.05, 0) is 48.2 Å². The molecule has 0 radical (unpaired) electrons. The number of rotatable bonds is 6. The minimum atomic E-state index is 0.821. The van der Waals surface area contributed by atoms with Crippen LogP contribution in [0.1, 0.15) is 30.2 Å². The molecule has 0 bridgehead atoms. The molecule has 2 heterocycles. The SMILES string of the molecule is CCCc1cc(-c2nc(-c3ccc(N)c(Cc4ccccc4)c3)cs2)ccn1. The van der Waals surface area contributed by atoms with Gasteiger partial charge < -0.3 is 5.73 Å². The Hall–Kier alpha value is -2.98. The highest BCUT2D eigenvalue weighted by Crippen LogP contribution is 2.31. The fourth-order valence-corrected chi connectivity index (χ4v) is 4.10. The molecule has 2 aromatic heterocycles. The number of hydrogen-bond acceptors (Lipinski definition) is 4. The van der Waals surface area contributed by atoms with Crippen molar-refractivity contribution in [2.24, 2.45) is 0 Å². The number of hydrogen-bond donors (Lipinski definition) is 1. The van der Waals surface area contributed by atoms with Crippen molar-refractivity contribution in [3.8, 4) is 21.8 Å². The number of aromatic nitrogens is 2. The number of nitrogens with zero attached hydrogens (tertiary/aromatic N) is 2. The summed E-state index contributed by atoms with van der Waals surface area (Å²) in [5.74, 6) is 0. The Morgan fingerprint density at radius 1 is 0.964 bits per heavy atom. The molecule has 0 spiro atoms. The largest absolute Gasteiger partial charge is 0.398 e. The highest BCUT2D eigenvalue weighted by Gasteiger charge is 2.10. The van der Waals surface area contributed by atoms with E-state index in [1.807, 2.05) is 24.4 Å². The zero-order valence-electron chi connectivity index (χ0n) is 15.9. The lowest BCUT2D eigenvalue weighted by atomic mass is 10.00. The maximum atomic E-state index is 6.23. The van der Waals surface area contributed by atoms with Crippen molar-refractivity contribution < 1.29 is 0 Å². The van der Waals surface area contributed by atoms with Gasteiger partial charge in [0.05, 0.1) is 5.69 Å². The van der Waals surface area contributed by atoms with Crippen LogP contribution in [0.4, 0.5) is 5.69 Å². The first-order chi connectivity index (χ1) is 13.7. The number of anilines is 1. The number of pyridine rings is 1. The molecule has 3 nitrogen and oxygen atoms in total. The van der Waals surface area contributed by atoms with Crippen molar-refractivity contribution in [1.29, 1.82) is 0 Å². The molecule has 0 amide bonds. The maximum Gasteiger partial charge on any atom is 0.124 e. The summed E-state index contributed by atoms with van der Waals surface area (Å²) in [5, 5.41) is 3.14. The first-order valence-corrected chi connectivity index (χ1v) is 10.4. The minimum absolute atomic E-state index is 0.821. The van der Waals surface area contributed by atoms with Crippen molar-refractivity contribution in [3.05, 3.63) is 89.1 Å². The van der Waals surface area contributed by atoms with E-state index in [1.54, 1.807) is 11.3 Å². The standard InChI is InChI=1S/C24H23N3S/c1-2-6-21-15-19(11-12-26-21)24-27-23(16-28-24)18-9-10-22(25)20(14-18)13-17-7-4-3-5-8-17/h3-5,7-12,14-16H,2,6,13,25H2,1H3. The van der Waals surface area contributed by atoms with Gasteiger partial charge in [0.15, 0.2) is 0 Å². The molecule has 0 aliphatic carbocycles. The molecule has 140 valence electrons. The van der Waals surface area contributed by atoms with Crippen LogP contribution in [0.5, 0.6) is 0 Å². The van der Waals surface area contributed by atoms with E-state index in [2.05, 4.69) is 59.8 Å². The smallest absolute Gasteiger partial charge is 0.124 e. The summed E-state index contributed by atoms with van der Waals surface area (Å²) in [6, 6.07) is 20.8. The second-order valence-electron chi connectivity index (χ2n) is 6.90. The zero-order valence-corrected chi connectivity index (χ0v) is 16.7. The highest BCUT2D eigenvalue weighted by molar-refractivity contribution is 7.13. The summed E-state index contributed by atoms with van der Waals surface area (Å²) in [7, 11) is 0. The Bertz CT molecular complexity index is 1070. The van der Waals surface area contributed by atoms with Crippen molar-refractivity contribution in [2.75, 3.05) is 5.73 Å². The average Bonchev–Trinajstić information content (AvgIpc) is 3.21. The Kier molecular flexibility index (Phi) is 5.49. The van der Waals surface area contributed by atoms with E-state index < -0.39 is 0 Å². The second kappa shape index (κ2) is 8.36. The summed E-state index contributed by atoms with van der Waals surface area (Å²) in [6.45, 7) is 2.17. The molecule has 2 N–H and O–H groups in total. The molecule has 4 aromatic rings. The van der Waals surface area contributed by atoms with Gasteiger partial charge >= 0.3 is 0 Å². The normalized spacial score (nSPS) is 10.9. The molecule has 4 rings (SSSR count). The zero-order chi connectivity index (χ0) is 19.3. The molecule has 0 fully saturated rings. The minimum Gasteiger partial charge on any atom is -0.398 e. The van der Waals surface area contributed by atoms with Crippen molar-refractivity contribution >= 4 is 17.0 Å². The van der Waals surface area contributed by atoms with Gasteiger partial charge in [-0.2, -0.15) is 0 Å². The van der Waals surface area contributed by atoms with Crippen LogP contribution in [0.15, 0.2) is 72.2 Å². The van der Waals surface area contributed by atoms with Gasteiger partial charge in [-0.15, -0.1) is 11.3 Å². The fourth-order valence-electron chi connectivity index (χ4n) is 3.28. The molecule has 0 saturated carbocycles. The van der Waals surface area contributed by atoms with E-state index >= 15 is 0 Å². The van der Waals surface area contributed by atoms with Crippen molar-refractivity contribution in [2.45, 2.75) is 26.2 Å². The van der Waals surface area contributed by atoms with Gasteiger partial charge in [0.2, 0.25) is 0 Å². The lowest BCUT2D eigenvalue weighted by Crippen LogP contribution is -1.96. The third kappa shape index (κ3) is 4.12. The molecule has 2 aromatic carbocycles. The Morgan fingerprint density at radius 3 is 2.64 bits per heavy atom. The van der Waals surface area contributed by atoms with Gasteiger partial charge in [-0.25, -0.2) is 4.98 Å². The Labute approximate surface area is 169 Å². The summed E-state index contributed by atoms with van der Waals surface area (Å²) >= 11 is 1.67. The van der Waals surface area contributed by atoms with Crippen LogP contribution < -0.4 is 5.73 Å². The van der Waals surface area contributed by atoms with Crippen molar-refractivity contribution in [1.82, 2.24) is 9.97 Å².